The van der Waals surface area contributed by atoms with Gasteiger partial charge in [-0.1, -0.05) is 104 Å². The smallest absolute Gasteiger partial charge is 0.331 e. The lowest BCUT2D eigenvalue weighted by Crippen LogP contribution is -2.38. The molecule has 0 aromatic heterocycles. The van der Waals surface area contributed by atoms with Crippen molar-refractivity contribution in [3.8, 4) is 0 Å². The van der Waals surface area contributed by atoms with Gasteiger partial charge in [-0.3, -0.25) is 0 Å². The molecule has 0 aliphatic heterocycles. The van der Waals surface area contributed by atoms with Crippen LogP contribution in [0.1, 0.15) is 29.5 Å². The summed E-state index contributed by atoms with van der Waals surface area (Å²) in [7, 11) is 0. The van der Waals surface area contributed by atoms with E-state index in [0.717, 1.165) is 16.7 Å². The van der Waals surface area contributed by atoms with Gasteiger partial charge in [0.05, 0.1) is 0 Å². The molecule has 0 radical (unpaired) electrons. The highest BCUT2D eigenvalue weighted by atomic mass is 16.6. The summed E-state index contributed by atoms with van der Waals surface area (Å²) in [6, 6.07) is 29.9. The van der Waals surface area contributed by atoms with Crippen molar-refractivity contribution in [1.82, 2.24) is 0 Å². The van der Waals surface area contributed by atoms with Crippen LogP contribution in [0.5, 0.6) is 0 Å². The number of hydrogen-bond acceptors (Lipinski definition) is 2. The lowest BCUT2D eigenvalue weighted by molar-refractivity contribution is -0.152. The average molecular weight is 342 g/mol. The first-order chi connectivity index (χ1) is 12.7. The van der Waals surface area contributed by atoms with E-state index in [1.165, 1.54) is 6.08 Å². The molecule has 1 atom stereocenters. The van der Waals surface area contributed by atoms with Crippen molar-refractivity contribution in [2.75, 3.05) is 0 Å². The zero-order chi connectivity index (χ0) is 18.4. The third-order valence-corrected chi connectivity index (χ3v) is 4.74. The van der Waals surface area contributed by atoms with Crippen molar-refractivity contribution in [2.24, 2.45) is 0 Å². The Morgan fingerprint density at radius 2 is 1.27 bits per heavy atom. The maximum Gasteiger partial charge on any atom is 0.331 e. The number of esters is 1. The lowest BCUT2D eigenvalue weighted by Gasteiger charge is -2.39. The minimum absolute atomic E-state index is 0.0996. The van der Waals surface area contributed by atoms with Crippen LogP contribution in [0.25, 0.3) is 0 Å². The molecule has 0 saturated carbocycles. The summed E-state index contributed by atoms with van der Waals surface area (Å²) in [6.07, 6.45) is 1.22. The molecule has 0 heterocycles. The van der Waals surface area contributed by atoms with Crippen LogP contribution in [0.3, 0.4) is 0 Å². The van der Waals surface area contributed by atoms with Crippen molar-refractivity contribution in [3.05, 3.63) is 120 Å². The van der Waals surface area contributed by atoms with Crippen LogP contribution in [0.4, 0.5) is 0 Å². The molecule has 0 amide bonds. The molecular weight excluding hydrogens is 320 g/mol. The Kier molecular flexibility index (Phi) is 5.33. The van der Waals surface area contributed by atoms with Gasteiger partial charge in [0.2, 0.25) is 0 Å². The zero-order valence-corrected chi connectivity index (χ0v) is 14.8. The number of benzene rings is 3. The first-order valence-corrected chi connectivity index (χ1v) is 8.70. The Morgan fingerprint density at radius 1 is 0.846 bits per heavy atom. The number of carbonyl (C=O) groups excluding carboxylic acids is 1. The number of carbonyl (C=O) groups is 1. The number of ether oxygens (including phenoxy) is 1. The third-order valence-electron chi connectivity index (χ3n) is 4.74. The van der Waals surface area contributed by atoms with Crippen LogP contribution >= 0.6 is 0 Å². The fourth-order valence-corrected chi connectivity index (χ4v) is 3.42. The maximum atomic E-state index is 12.4. The molecule has 3 aromatic rings. The molecule has 26 heavy (non-hydrogen) atoms. The molecule has 3 rings (SSSR count). The highest BCUT2D eigenvalue weighted by molar-refractivity contribution is 5.82. The van der Waals surface area contributed by atoms with Gasteiger partial charge in [-0.2, -0.15) is 0 Å². The molecule has 0 aliphatic carbocycles. The van der Waals surface area contributed by atoms with Crippen molar-refractivity contribution < 1.29 is 9.53 Å². The predicted octanol–water partition coefficient (Wildman–Crippen LogP) is 5.46. The molecule has 130 valence electrons. The summed E-state index contributed by atoms with van der Waals surface area (Å²) >= 11 is 0. The fraction of sp³-hybridized carbons (Fsp3) is 0.125. The third kappa shape index (κ3) is 3.31. The van der Waals surface area contributed by atoms with E-state index in [1.54, 1.807) is 0 Å². The quantitative estimate of drug-likeness (QED) is 0.439. The largest absolute Gasteiger partial charge is 0.445 e. The van der Waals surface area contributed by atoms with E-state index in [1.807, 2.05) is 78.9 Å². The second-order valence-corrected chi connectivity index (χ2v) is 6.23. The standard InChI is InChI=1S/C24H22O2/c1-3-23(25)26-24(21-15-9-5-10-16-21,22-17-11-6-12-18-22)19(2)20-13-7-4-8-14-20/h3-19H,1H2,2H3. The monoisotopic (exact) mass is 342 g/mol. The summed E-state index contributed by atoms with van der Waals surface area (Å²) in [5.74, 6) is -0.544. The summed E-state index contributed by atoms with van der Waals surface area (Å²) in [5.41, 5.74) is 2.00. The van der Waals surface area contributed by atoms with Crippen LogP contribution in [-0.4, -0.2) is 5.97 Å². The average Bonchev–Trinajstić information content (AvgIpc) is 2.73. The van der Waals surface area contributed by atoms with Crippen LogP contribution in [0, 0.1) is 0 Å². The normalized spacial score (nSPS) is 12.2. The number of hydrogen-bond donors (Lipinski definition) is 0. The molecule has 0 spiro atoms. The van der Waals surface area contributed by atoms with Gasteiger partial charge < -0.3 is 4.74 Å². The molecule has 2 nitrogen and oxygen atoms in total. The van der Waals surface area contributed by atoms with E-state index in [0.29, 0.717) is 0 Å². The van der Waals surface area contributed by atoms with Gasteiger partial charge >= 0.3 is 5.97 Å². The van der Waals surface area contributed by atoms with Crippen LogP contribution in [0.2, 0.25) is 0 Å². The van der Waals surface area contributed by atoms with Gasteiger partial charge in [0.15, 0.2) is 5.60 Å². The van der Waals surface area contributed by atoms with E-state index >= 15 is 0 Å². The number of rotatable bonds is 6. The van der Waals surface area contributed by atoms with Gasteiger partial charge in [0.1, 0.15) is 0 Å². The molecule has 0 fully saturated rings. The minimum Gasteiger partial charge on any atom is -0.445 e. The molecule has 0 N–H and O–H groups in total. The molecular formula is C24H22O2. The molecule has 0 saturated heterocycles. The Hall–Kier alpha value is -3.13. The highest BCUT2D eigenvalue weighted by Crippen LogP contribution is 2.45. The first-order valence-electron chi connectivity index (χ1n) is 8.70. The van der Waals surface area contributed by atoms with Crippen molar-refractivity contribution in [1.29, 1.82) is 0 Å². The predicted molar refractivity (Wildman–Crippen MR) is 105 cm³/mol. The van der Waals surface area contributed by atoms with E-state index in [2.05, 4.69) is 25.6 Å². The highest BCUT2D eigenvalue weighted by Gasteiger charge is 2.44. The van der Waals surface area contributed by atoms with Crippen LogP contribution < -0.4 is 0 Å². The first kappa shape index (κ1) is 17.7. The Balaban J connectivity index is 2.27. The summed E-state index contributed by atoms with van der Waals surface area (Å²) in [5, 5.41) is 0. The minimum atomic E-state index is -0.949. The van der Waals surface area contributed by atoms with Gasteiger partial charge in [0.25, 0.3) is 0 Å². The van der Waals surface area contributed by atoms with Crippen LogP contribution in [0.15, 0.2) is 104 Å². The second kappa shape index (κ2) is 7.83. The van der Waals surface area contributed by atoms with E-state index in [9.17, 15) is 4.79 Å². The Morgan fingerprint density at radius 3 is 1.69 bits per heavy atom. The summed E-state index contributed by atoms with van der Waals surface area (Å²) in [6.45, 7) is 5.68. The van der Waals surface area contributed by atoms with Crippen molar-refractivity contribution in [2.45, 2.75) is 18.4 Å². The molecule has 2 heteroatoms. The van der Waals surface area contributed by atoms with Gasteiger partial charge in [0, 0.05) is 23.1 Å². The Labute approximate surface area is 154 Å². The topological polar surface area (TPSA) is 26.3 Å². The van der Waals surface area contributed by atoms with Gasteiger partial charge in [-0.25, -0.2) is 4.79 Å². The second-order valence-electron chi connectivity index (χ2n) is 6.23. The Bertz CT molecular complexity index is 815. The summed E-state index contributed by atoms with van der Waals surface area (Å²) < 4.78 is 6.12. The SMILES string of the molecule is C=CC(=O)OC(c1ccccc1)(c1ccccc1)C(C)c1ccccc1. The van der Waals surface area contributed by atoms with Gasteiger partial charge in [-0.05, 0) is 5.56 Å². The van der Waals surface area contributed by atoms with Gasteiger partial charge in [-0.15, -0.1) is 0 Å². The fourth-order valence-electron chi connectivity index (χ4n) is 3.42. The van der Waals surface area contributed by atoms with E-state index in [4.69, 9.17) is 4.74 Å². The zero-order valence-electron chi connectivity index (χ0n) is 14.8. The molecule has 3 aromatic carbocycles. The molecule has 0 aliphatic rings. The van der Waals surface area contributed by atoms with Crippen molar-refractivity contribution >= 4 is 5.97 Å². The maximum absolute atomic E-state index is 12.4. The molecule has 1 unspecified atom stereocenters. The summed E-state index contributed by atoms with van der Waals surface area (Å²) in [4.78, 5) is 12.4. The van der Waals surface area contributed by atoms with E-state index < -0.39 is 11.6 Å². The molecule has 0 bridgehead atoms. The van der Waals surface area contributed by atoms with E-state index in [-0.39, 0.29) is 5.92 Å². The van der Waals surface area contributed by atoms with Crippen molar-refractivity contribution in [3.63, 3.8) is 0 Å². The lowest BCUT2D eigenvalue weighted by atomic mass is 9.73. The van der Waals surface area contributed by atoms with Crippen LogP contribution in [-0.2, 0) is 15.1 Å².